The minimum atomic E-state index is -0.377. The molecule has 6 nitrogen and oxygen atoms in total. The van der Waals surface area contributed by atoms with Gasteiger partial charge in [0.2, 0.25) is 0 Å². The molecular weight excluding hydrogens is 356 g/mol. The van der Waals surface area contributed by atoms with E-state index >= 15 is 0 Å². The second-order valence-corrected chi connectivity index (χ2v) is 6.19. The number of furan rings is 1. The lowest BCUT2D eigenvalue weighted by Crippen LogP contribution is -2.87. The Hall–Kier alpha value is -3.38. The molecule has 0 fully saturated rings. The molecule has 0 bridgehead atoms. The standard InChI is InChI=1S/C22H22N2O4/c1-2-27-22(26)17-10-12-18(13-11-17)24-20(25)15-23-21(19-9-6-14-28-19)16-7-4-3-5-8-16/h3-14,21,23H,2,15H2,1H3,(H,24,25)/p+1/t21-/m0/s1. The lowest BCUT2D eigenvalue weighted by atomic mass is 10.0. The number of ether oxygens (including phenoxy) is 1. The third-order valence-electron chi connectivity index (χ3n) is 4.23. The highest BCUT2D eigenvalue weighted by atomic mass is 16.5. The molecule has 3 rings (SSSR count). The molecule has 3 N–H and O–H groups in total. The van der Waals surface area contributed by atoms with Crippen LogP contribution in [0.2, 0.25) is 0 Å². The highest BCUT2D eigenvalue weighted by Gasteiger charge is 2.21. The largest absolute Gasteiger partial charge is 0.463 e. The molecule has 0 aliphatic heterocycles. The molecule has 1 amide bonds. The Morgan fingerprint density at radius 1 is 1.04 bits per heavy atom. The molecule has 0 spiro atoms. The Labute approximate surface area is 163 Å². The number of anilines is 1. The fourth-order valence-electron chi connectivity index (χ4n) is 2.89. The first-order valence-corrected chi connectivity index (χ1v) is 9.16. The van der Waals surface area contributed by atoms with Crippen LogP contribution in [0.3, 0.4) is 0 Å². The maximum absolute atomic E-state index is 12.4. The first-order valence-electron chi connectivity index (χ1n) is 9.16. The van der Waals surface area contributed by atoms with Crippen LogP contribution in [0.4, 0.5) is 5.69 Å². The lowest BCUT2D eigenvalue weighted by molar-refractivity contribution is -0.678. The van der Waals surface area contributed by atoms with Gasteiger partial charge in [-0.1, -0.05) is 30.3 Å². The molecule has 1 heterocycles. The first-order chi connectivity index (χ1) is 13.7. The van der Waals surface area contributed by atoms with E-state index in [2.05, 4.69) is 5.32 Å². The second-order valence-electron chi connectivity index (χ2n) is 6.19. The maximum Gasteiger partial charge on any atom is 0.338 e. The summed E-state index contributed by atoms with van der Waals surface area (Å²) in [5, 5.41) is 4.77. The van der Waals surface area contributed by atoms with Gasteiger partial charge < -0.3 is 19.8 Å². The Morgan fingerprint density at radius 3 is 2.43 bits per heavy atom. The van der Waals surface area contributed by atoms with E-state index in [1.807, 2.05) is 47.8 Å². The minimum absolute atomic E-state index is 0.104. The van der Waals surface area contributed by atoms with E-state index in [0.717, 1.165) is 11.3 Å². The van der Waals surface area contributed by atoms with Gasteiger partial charge in [-0.25, -0.2) is 4.79 Å². The van der Waals surface area contributed by atoms with Gasteiger partial charge in [0, 0.05) is 11.3 Å². The van der Waals surface area contributed by atoms with Crippen molar-refractivity contribution in [3.05, 3.63) is 89.9 Å². The molecule has 1 atom stereocenters. The Morgan fingerprint density at radius 2 is 1.79 bits per heavy atom. The summed E-state index contributed by atoms with van der Waals surface area (Å²) in [5.74, 6) is 0.270. The van der Waals surface area contributed by atoms with Crippen molar-refractivity contribution in [2.75, 3.05) is 18.5 Å². The third-order valence-corrected chi connectivity index (χ3v) is 4.23. The van der Waals surface area contributed by atoms with Gasteiger partial charge in [0.1, 0.15) is 0 Å². The summed E-state index contributed by atoms with van der Waals surface area (Å²) in [6.45, 7) is 2.31. The lowest BCUT2D eigenvalue weighted by Gasteiger charge is -2.14. The third kappa shape index (κ3) is 5.08. The number of hydrogen-bond donors (Lipinski definition) is 2. The molecule has 0 radical (unpaired) electrons. The van der Waals surface area contributed by atoms with Crippen LogP contribution < -0.4 is 10.6 Å². The maximum atomic E-state index is 12.4. The van der Waals surface area contributed by atoms with Gasteiger partial charge in [-0.05, 0) is 43.3 Å². The van der Waals surface area contributed by atoms with Crippen LogP contribution in [0.15, 0.2) is 77.4 Å². The average Bonchev–Trinajstić information content (AvgIpc) is 3.24. The van der Waals surface area contributed by atoms with Gasteiger partial charge in [-0.2, -0.15) is 0 Å². The van der Waals surface area contributed by atoms with Crippen molar-refractivity contribution in [2.45, 2.75) is 13.0 Å². The van der Waals surface area contributed by atoms with E-state index in [1.165, 1.54) is 0 Å². The monoisotopic (exact) mass is 379 g/mol. The highest BCUT2D eigenvalue weighted by Crippen LogP contribution is 2.18. The SMILES string of the molecule is CCOC(=O)c1ccc(NC(=O)C[NH2+][C@@H](c2ccccc2)c2ccco2)cc1. The smallest absolute Gasteiger partial charge is 0.338 e. The summed E-state index contributed by atoms with van der Waals surface area (Å²) in [5.41, 5.74) is 2.14. The summed E-state index contributed by atoms with van der Waals surface area (Å²) in [6, 6.07) is 20.2. The number of rotatable bonds is 8. The molecule has 6 heteroatoms. The number of nitrogens with one attached hydrogen (secondary N) is 1. The number of benzene rings is 2. The Bertz CT molecular complexity index is 890. The molecule has 0 aliphatic carbocycles. The van der Waals surface area contributed by atoms with Gasteiger partial charge >= 0.3 is 5.97 Å². The van der Waals surface area contributed by atoms with Crippen molar-refractivity contribution in [2.24, 2.45) is 0 Å². The number of quaternary nitrogens is 1. The second kappa shape index (κ2) is 9.53. The van der Waals surface area contributed by atoms with Crippen LogP contribution in [0.25, 0.3) is 0 Å². The molecule has 0 unspecified atom stereocenters. The predicted octanol–water partition coefficient (Wildman–Crippen LogP) is 2.75. The number of hydrogen-bond acceptors (Lipinski definition) is 4. The molecule has 1 aromatic heterocycles. The molecule has 2 aromatic carbocycles. The van der Waals surface area contributed by atoms with Crippen LogP contribution in [0.5, 0.6) is 0 Å². The summed E-state index contributed by atoms with van der Waals surface area (Å²) in [4.78, 5) is 24.1. The van der Waals surface area contributed by atoms with Crippen LogP contribution >= 0.6 is 0 Å². The zero-order valence-electron chi connectivity index (χ0n) is 15.6. The normalized spacial score (nSPS) is 11.6. The number of nitrogens with two attached hydrogens (primary N) is 1. The summed E-state index contributed by atoms with van der Waals surface area (Å²) in [7, 11) is 0. The highest BCUT2D eigenvalue weighted by molar-refractivity contribution is 5.93. The van der Waals surface area contributed by atoms with Gasteiger partial charge in [-0.15, -0.1) is 0 Å². The number of carbonyl (C=O) groups excluding carboxylic acids is 2. The van der Waals surface area contributed by atoms with Gasteiger partial charge in [0.05, 0.1) is 18.4 Å². The molecule has 0 saturated carbocycles. The van der Waals surface area contributed by atoms with Crippen LogP contribution in [-0.4, -0.2) is 25.0 Å². The number of amides is 1. The van der Waals surface area contributed by atoms with Crippen LogP contribution in [-0.2, 0) is 9.53 Å². The number of carbonyl (C=O) groups is 2. The Balaban J connectivity index is 1.60. The summed E-state index contributed by atoms with van der Waals surface area (Å²) < 4.78 is 10.5. The fourth-order valence-corrected chi connectivity index (χ4v) is 2.89. The molecule has 0 aliphatic rings. The van der Waals surface area contributed by atoms with E-state index in [4.69, 9.17) is 9.15 Å². The van der Waals surface area contributed by atoms with Gasteiger partial charge in [0.15, 0.2) is 18.3 Å². The van der Waals surface area contributed by atoms with Gasteiger partial charge in [0.25, 0.3) is 5.91 Å². The van der Waals surface area contributed by atoms with Crippen molar-refractivity contribution >= 4 is 17.6 Å². The van der Waals surface area contributed by atoms with E-state index in [-0.39, 0.29) is 24.5 Å². The van der Waals surface area contributed by atoms with E-state index in [0.29, 0.717) is 17.9 Å². The zero-order valence-corrected chi connectivity index (χ0v) is 15.6. The number of esters is 1. The van der Waals surface area contributed by atoms with Crippen LogP contribution in [0.1, 0.15) is 34.6 Å². The van der Waals surface area contributed by atoms with Crippen molar-refractivity contribution in [3.8, 4) is 0 Å². The molecule has 28 heavy (non-hydrogen) atoms. The first kappa shape index (κ1) is 19.4. The summed E-state index contributed by atoms with van der Waals surface area (Å²) >= 11 is 0. The topological polar surface area (TPSA) is 85.1 Å². The molecule has 144 valence electrons. The summed E-state index contributed by atoms with van der Waals surface area (Å²) in [6.07, 6.45) is 1.63. The van der Waals surface area contributed by atoms with E-state index < -0.39 is 0 Å². The molecular formula is C22H23N2O4+. The zero-order chi connectivity index (χ0) is 19.8. The average molecular weight is 379 g/mol. The van der Waals surface area contributed by atoms with Crippen molar-refractivity contribution in [1.82, 2.24) is 0 Å². The molecule has 3 aromatic rings. The minimum Gasteiger partial charge on any atom is -0.463 e. The van der Waals surface area contributed by atoms with Crippen molar-refractivity contribution in [1.29, 1.82) is 0 Å². The van der Waals surface area contributed by atoms with Gasteiger partial charge in [-0.3, -0.25) is 4.79 Å². The quantitative estimate of drug-likeness (QED) is 0.590. The fraction of sp³-hybridized carbons (Fsp3) is 0.182. The Kier molecular flexibility index (Phi) is 6.59. The molecule has 0 saturated heterocycles. The van der Waals surface area contributed by atoms with Crippen molar-refractivity contribution in [3.63, 3.8) is 0 Å². The van der Waals surface area contributed by atoms with E-state index in [9.17, 15) is 9.59 Å². The van der Waals surface area contributed by atoms with Crippen LogP contribution in [0, 0.1) is 0 Å². The van der Waals surface area contributed by atoms with Crippen molar-refractivity contribution < 1.29 is 24.1 Å². The van der Waals surface area contributed by atoms with E-state index in [1.54, 1.807) is 37.5 Å². The predicted molar refractivity (Wildman–Crippen MR) is 105 cm³/mol.